The molecule has 2 nitrogen and oxygen atoms in total. The Morgan fingerprint density at radius 3 is 2.06 bits per heavy atom. The maximum atomic E-state index is 12.4. The molecule has 0 bridgehead atoms. The molecule has 7 heteroatoms. The molecule has 0 amide bonds. The zero-order chi connectivity index (χ0) is 12.3. The Morgan fingerprint density at radius 2 is 1.65 bits per heavy atom. The van der Waals surface area contributed by atoms with E-state index in [1.165, 1.54) is 0 Å². The van der Waals surface area contributed by atoms with E-state index in [0.29, 0.717) is 0 Å². The average molecular weight is 256 g/mol. The molecule has 0 aliphatic heterocycles. The zero-order valence-electron chi connectivity index (χ0n) is 8.72. The molecule has 0 aliphatic carbocycles. The minimum absolute atomic E-state index is 0. The van der Waals surface area contributed by atoms with Crippen LogP contribution in [-0.2, 0) is 0 Å². The van der Waals surface area contributed by atoms with Crippen LogP contribution in [0.2, 0.25) is 0 Å². The number of ketones is 1. The summed E-state index contributed by atoms with van der Waals surface area (Å²) >= 11 is 0. The maximum absolute atomic E-state index is 12.4. The normalized spacial score (nSPS) is 11.9. The summed E-state index contributed by atoms with van der Waals surface area (Å²) in [5, 5.41) is 10.4. The number of hydrogen-bond donors (Lipinski definition) is 0. The van der Waals surface area contributed by atoms with Gasteiger partial charge >= 0.3 is 35.7 Å². The van der Waals surface area contributed by atoms with E-state index >= 15 is 0 Å². The van der Waals surface area contributed by atoms with Crippen LogP contribution in [0.5, 0.6) is 0 Å². The minimum atomic E-state index is -5.07. The third-order valence-electron chi connectivity index (χ3n) is 1.67. The van der Waals surface area contributed by atoms with Crippen LogP contribution in [0.25, 0.3) is 0 Å². The van der Waals surface area contributed by atoms with E-state index in [0.717, 1.165) is 24.3 Å². The maximum Gasteiger partial charge on any atom is 1.00 e. The number of carbonyl (C=O) groups excluding carboxylic acids is 1. The van der Waals surface area contributed by atoms with Gasteiger partial charge in [0, 0.05) is 5.56 Å². The van der Waals surface area contributed by atoms with Gasteiger partial charge in [-0.25, -0.2) is 4.39 Å². The Morgan fingerprint density at radius 1 is 1.18 bits per heavy atom. The Labute approximate surface area is 116 Å². The van der Waals surface area contributed by atoms with Crippen molar-refractivity contribution >= 4 is 5.78 Å². The molecule has 0 unspecified atom stereocenters. The van der Waals surface area contributed by atoms with Gasteiger partial charge in [0.25, 0.3) is 0 Å². The van der Waals surface area contributed by atoms with Gasteiger partial charge in [0.05, 0.1) is 0 Å². The number of rotatable bonds is 2. The van der Waals surface area contributed by atoms with Crippen molar-refractivity contribution in [3.05, 3.63) is 47.5 Å². The van der Waals surface area contributed by atoms with Crippen molar-refractivity contribution in [2.24, 2.45) is 0 Å². The first-order valence-corrected chi connectivity index (χ1v) is 4.06. The smallest absolute Gasteiger partial charge is 0.869 e. The molecule has 0 fully saturated rings. The first-order valence-electron chi connectivity index (χ1n) is 4.06. The summed E-state index contributed by atoms with van der Waals surface area (Å²) in [7, 11) is 0. The van der Waals surface area contributed by atoms with E-state index < -0.39 is 23.5 Å². The predicted molar refractivity (Wildman–Crippen MR) is 44.9 cm³/mol. The molecule has 0 aliphatic rings. The van der Waals surface area contributed by atoms with E-state index in [9.17, 15) is 27.5 Å². The second-order valence-electron chi connectivity index (χ2n) is 2.88. The molecule has 0 atom stereocenters. The van der Waals surface area contributed by atoms with Crippen LogP contribution in [0, 0.1) is 5.82 Å². The fourth-order valence-corrected chi connectivity index (χ4v) is 0.898. The Bertz CT molecular complexity index is 423. The molecule has 0 spiro atoms. The number of allylic oxidation sites excluding steroid dienone is 2. The average Bonchev–Trinajstić information content (AvgIpc) is 2.17. The van der Waals surface area contributed by atoms with Crippen molar-refractivity contribution in [2.45, 2.75) is 6.18 Å². The molecule has 0 saturated heterocycles. The number of carbonyl (C=O) groups is 1. The van der Waals surface area contributed by atoms with Crippen molar-refractivity contribution in [2.75, 3.05) is 0 Å². The fraction of sp³-hybridized carbons (Fsp3) is 0.100. The van der Waals surface area contributed by atoms with Gasteiger partial charge in [-0.3, -0.25) is 4.79 Å². The number of alkyl halides is 3. The quantitative estimate of drug-likeness (QED) is 0.220. The van der Waals surface area contributed by atoms with Crippen molar-refractivity contribution in [3.63, 3.8) is 0 Å². The molecular weight excluding hydrogens is 251 g/mol. The van der Waals surface area contributed by atoms with Crippen LogP contribution in [0.4, 0.5) is 17.6 Å². The summed E-state index contributed by atoms with van der Waals surface area (Å²) in [5.41, 5.74) is -0.181. The Hall–Kier alpha value is -0.850. The summed E-state index contributed by atoms with van der Waals surface area (Å²) in [6.07, 6.45) is -5.14. The summed E-state index contributed by atoms with van der Waals surface area (Å²) < 4.78 is 47.8. The minimum Gasteiger partial charge on any atom is -0.869 e. The molecule has 0 heterocycles. The molecule has 0 aromatic heterocycles. The predicted octanol–water partition coefficient (Wildman–Crippen LogP) is -1.18. The summed E-state index contributed by atoms with van der Waals surface area (Å²) in [5.74, 6) is -3.97. The Balaban J connectivity index is 0.00000256. The molecule has 1 aromatic carbocycles. The van der Waals surface area contributed by atoms with Gasteiger partial charge in [0.2, 0.25) is 0 Å². The van der Waals surface area contributed by atoms with Crippen LogP contribution in [-0.4, -0.2) is 12.0 Å². The van der Waals surface area contributed by atoms with E-state index in [4.69, 9.17) is 0 Å². The second-order valence-corrected chi connectivity index (χ2v) is 2.88. The van der Waals surface area contributed by atoms with Crippen LogP contribution in [0.1, 0.15) is 10.4 Å². The van der Waals surface area contributed by atoms with E-state index in [-0.39, 0.29) is 41.2 Å². The summed E-state index contributed by atoms with van der Waals surface area (Å²) in [6.45, 7) is 0. The zero-order valence-corrected chi connectivity index (χ0v) is 10.7. The second kappa shape index (κ2) is 6.18. The third kappa shape index (κ3) is 4.89. The first kappa shape index (κ1) is 16.1. The molecule has 17 heavy (non-hydrogen) atoms. The molecular formula is C10H5F4NaO2. The van der Waals surface area contributed by atoms with E-state index in [1.807, 2.05) is 0 Å². The first-order chi connectivity index (χ1) is 7.30. The van der Waals surface area contributed by atoms with Gasteiger partial charge < -0.3 is 5.11 Å². The third-order valence-corrected chi connectivity index (χ3v) is 1.67. The van der Waals surface area contributed by atoms with Gasteiger partial charge in [-0.05, 0) is 36.1 Å². The molecule has 86 valence electrons. The molecule has 0 N–H and O–H groups in total. The summed E-state index contributed by atoms with van der Waals surface area (Å²) in [6, 6.07) is 3.83. The monoisotopic (exact) mass is 256 g/mol. The topological polar surface area (TPSA) is 40.1 Å². The van der Waals surface area contributed by atoms with Crippen LogP contribution >= 0.6 is 0 Å². The van der Waals surface area contributed by atoms with Crippen molar-refractivity contribution in [1.82, 2.24) is 0 Å². The van der Waals surface area contributed by atoms with E-state index in [1.54, 1.807) is 0 Å². The van der Waals surface area contributed by atoms with E-state index in [2.05, 4.69) is 0 Å². The standard InChI is InChI=1S/C10H6F4O2.Na/c11-7-3-1-6(2-4-7)8(15)5-9(16)10(12,13)14;/h1-5,16H;/q;+1/p-1/b9-5-;. The number of halogens is 4. The fourth-order valence-electron chi connectivity index (χ4n) is 0.898. The van der Waals surface area contributed by atoms with Crippen molar-refractivity contribution in [1.29, 1.82) is 0 Å². The molecule has 1 aromatic rings. The number of hydrogen-bond acceptors (Lipinski definition) is 2. The Kier molecular flexibility index (Phi) is 5.87. The van der Waals surface area contributed by atoms with Gasteiger partial charge in [-0.1, -0.05) is 0 Å². The van der Waals surface area contributed by atoms with Gasteiger partial charge in [0.15, 0.2) is 5.78 Å². The largest absolute Gasteiger partial charge is 1.00 e. The van der Waals surface area contributed by atoms with Crippen LogP contribution in [0.15, 0.2) is 36.1 Å². The van der Waals surface area contributed by atoms with Gasteiger partial charge in [-0.2, -0.15) is 13.2 Å². The molecule has 0 saturated carbocycles. The van der Waals surface area contributed by atoms with Gasteiger partial charge in [0.1, 0.15) is 5.82 Å². The number of benzene rings is 1. The summed E-state index contributed by atoms with van der Waals surface area (Å²) in [4.78, 5) is 11.1. The van der Waals surface area contributed by atoms with Crippen molar-refractivity contribution in [3.8, 4) is 0 Å². The molecule has 0 radical (unpaired) electrons. The van der Waals surface area contributed by atoms with Gasteiger partial charge in [-0.15, -0.1) is 0 Å². The molecule has 1 rings (SSSR count). The SMILES string of the molecule is O=C(/C=C(\[O-])C(F)(F)F)c1ccc(F)cc1.[Na+]. The van der Waals surface area contributed by atoms with Crippen molar-refractivity contribution < 1.29 is 57.0 Å². The van der Waals surface area contributed by atoms with Crippen LogP contribution < -0.4 is 34.7 Å². The van der Waals surface area contributed by atoms with Crippen LogP contribution in [0.3, 0.4) is 0 Å².